The quantitative estimate of drug-likeness (QED) is 0.375. The van der Waals surface area contributed by atoms with Crippen LogP contribution in [0, 0.1) is 5.92 Å². The Balaban J connectivity index is 0.000000587. The Morgan fingerprint density at radius 1 is 1.00 bits per heavy atom. The molecule has 2 heterocycles. The SMILES string of the molecule is CC(C)c1ccc(S(=O)(=O)Nc2ccc(N3CCCC(CN4CCCC4)C3)c(C(=O)O)c2)cc1.O=C(O)C(F)(F)F. The molecule has 2 aromatic carbocycles. The van der Waals surface area contributed by atoms with Gasteiger partial charge in [0.15, 0.2) is 0 Å². The monoisotopic (exact) mass is 599 g/mol. The van der Waals surface area contributed by atoms with E-state index in [0.29, 0.717) is 17.5 Å². The number of hydrogen-bond donors (Lipinski definition) is 3. The zero-order chi connectivity index (χ0) is 30.4. The number of alkyl halides is 3. The van der Waals surface area contributed by atoms with Crippen molar-refractivity contribution < 1.29 is 41.4 Å². The number of rotatable bonds is 8. The first-order valence-electron chi connectivity index (χ1n) is 13.4. The van der Waals surface area contributed by atoms with Gasteiger partial charge in [-0.05, 0) is 86.5 Å². The number of aliphatic carboxylic acids is 1. The number of carbonyl (C=O) groups is 2. The molecular weight excluding hydrogens is 563 g/mol. The van der Waals surface area contributed by atoms with Gasteiger partial charge in [-0.2, -0.15) is 13.2 Å². The van der Waals surface area contributed by atoms with Gasteiger partial charge in [0, 0.05) is 25.3 Å². The van der Waals surface area contributed by atoms with E-state index in [4.69, 9.17) is 9.90 Å². The highest BCUT2D eigenvalue weighted by atomic mass is 32.2. The molecule has 0 aromatic heterocycles. The molecule has 13 heteroatoms. The number of halogens is 3. The van der Waals surface area contributed by atoms with Crippen molar-refractivity contribution in [3.8, 4) is 0 Å². The highest BCUT2D eigenvalue weighted by molar-refractivity contribution is 7.92. The van der Waals surface area contributed by atoms with E-state index < -0.39 is 28.1 Å². The van der Waals surface area contributed by atoms with Gasteiger partial charge in [-0.3, -0.25) is 4.72 Å². The minimum atomic E-state index is -5.08. The number of anilines is 2. The van der Waals surface area contributed by atoms with Crippen molar-refractivity contribution >= 4 is 33.3 Å². The van der Waals surface area contributed by atoms with Crippen molar-refractivity contribution in [3.63, 3.8) is 0 Å². The normalized spacial score (nSPS) is 18.1. The van der Waals surface area contributed by atoms with Gasteiger partial charge in [0.25, 0.3) is 10.0 Å². The molecule has 1 atom stereocenters. The largest absolute Gasteiger partial charge is 0.490 e. The van der Waals surface area contributed by atoms with Gasteiger partial charge >= 0.3 is 18.1 Å². The van der Waals surface area contributed by atoms with Crippen molar-refractivity contribution in [3.05, 3.63) is 53.6 Å². The van der Waals surface area contributed by atoms with Crippen molar-refractivity contribution in [1.82, 2.24) is 4.90 Å². The smallest absolute Gasteiger partial charge is 0.478 e. The molecule has 0 aliphatic carbocycles. The zero-order valence-electron chi connectivity index (χ0n) is 23.0. The Bertz CT molecular complexity index is 1310. The first-order valence-corrected chi connectivity index (χ1v) is 14.9. The van der Waals surface area contributed by atoms with Crippen LogP contribution in [0.4, 0.5) is 24.5 Å². The lowest BCUT2D eigenvalue weighted by Gasteiger charge is -2.36. The third-order valence-corrected chi connectivity index (χ3v) is 8.55. The number of benzene rings is 2. The molecule has 2 aliphatic rings. The number of sulfonamides is 1. The van der Waals surface area contributed by atoms with Gasteiger partial charge in [0.2, 0.25) is 0 Å². The molecule has 2 saturated heterocycles. The van der Waals surface area contributed by atoms with Crippen LogP contribution in [0.15, 0.2) is 47.4 Å². The van der Waals surface area contributed by atoms with Crippen LogP contribution in [-0.4, -0.2) is 74.4 Å². The van der Waals surface area contributed by atoms with Crippen LogP contribution in [0.5, 0.6) is 0 Å². The fourth-order valence-corrected chi connectivity index (χ4v) is 6.11. The molecule has 4 rings (SSSR count). The summed E-state index contributed by atoms with van der Waals surface area (Å²) in [6.45, 7) is 9.11. The third-order valence-electron chi connectivity index (χ3n) is 7.15. The molecule has 2 aliphatic heterocycles. The molecule has 9 nitrogen and oxygen atoms in total. The molecule has 226 valence electrons. The molecule has 2 fully saturated rings. The number of carboxylic acid groups (broad SMARTS) is 2. The minimum Gasteiger partial charge on any atom is -0.478 e. The van der Waals surface area contributed by atoms with Crippen LogP contribution in [-0.2, 0) is 14.8 Å². The molecule has 0 spiro atoms. The van der Waals surface area contributed by atoms with E-state index in [2.05, 4.69) is 14.5 Å². The van der Waals surface area contributed by atoms with Gasteiger partial charge in [-0.1, -0.05) is 26.0 Å². The van der Waals surface area contributed by atoms with Crippen molar-refractivity contribution in [1.29, 1.82) is 0 Å². The topological polar surface area (TPSA) is 127 Å². The van der Waals surface area contributed by atoms with Crippen LogP contribution in [0.1, 0.15) is 61.4 Å². The van der Waals surface area contributed by atoms with Crippen molar-refractivity contribution in [2.45, 2.75) is 56.5 Å². The van der Waals surface area contributed by atoms with E-state index in [-0.39, 0.29) is 16.1 Å². The average molecular weight is 600 g/mol. The second kappa shape index (κ2) is 13.6. The van der Waals surface area contributed by atoms with Gasteiger partial charge in [-0.25, -0.2) is 18.0 Å². The van der Waals surface area contributed by atoms with E-state index in [1.165, 1.54) is 18.9 Å². The Morgan fingerprint density at radius 2 is 1.61 bits per heavy atom. The summed E-state index contributed by atoms with van der Waals surface area (Å²) in [5.41, 5.74) is 2.08. The lowest BCUT2D eigenvalue weighted by atomic mass is 9.96. The van der Waals surface area contributed by atoms with Crippen LogP contribution in [0.3, 0.4) is 0 Å². The van der Waals surface area contributed by atoms with E-state index in [0.717, 1.165) is 51.1 Å². The first kappa shape index (κ1) is 32.2. The highest BCUT2D eigenvalue weighted by Crippen LogP contribution is 2.30. The Labute approximate surface area is 238 Å². The van der Waals surface area contributed by atoms with Gasteiger partial charge in [0.05, 0.1) is 16.1 Å². The molecule has 1 unspecified atom stereocenters. The molecule has 0 amide bonds. The molecule has 0 bridgehead atoms. The zero-order valence-corrected chi connectivity index (χ0v) is 23.8. The summed E-state index contributed by atoms with van der Waals surface area (Å²) in [5, 5.41) is 17.0. The molecule has 0 radical (unpaired) electrons. The Kier molecular flexibility index (Phi) is 10.6. The van der Waals surface area contributed by atoms with E-state index in [9.17, 15) is 31.5 Å². The predicted molar refractivity (Wildman–Crippen MR) is 149 cm³/mol. The maximum absolute atomic E-state index is 12.9. The van der Waals surface area contributed by atoms with Gasteiger partial charge in [-0.15, -0.1) is 0 Å². The van der Waals surface area contributed by atoms with Crippen LogP contribution < -0.4 is 9.62 Å². The summed E-state index contributed by atoms with van der Waals surface area (Å²) in [6, 6.07) is 11.6. The Morgan fingerprint density at radius 3 is 2.15 bits per heavy atom. The number of aromatic carboxylic acids is 1. The summed E-state index contributed by atoms with van der Waals surface area (Å²) in [7, 11) is -3.82. The number of nitrogens with zero attached hydrogens (tertiary/aromatic N) is 2. The number of nitrogens with one attached hydrogen (secondary N) is 1. The summed E-state index contributed by atoms with van der Waals surface area (Å²) in [4.78, 5) is 25.8. The Hall–Kier alpha value is -3.32. The molecule has 3 N–H and O–H groups in total. The fraction of sp³-hybridized carbons (Fsp3) is 0.500. The van der Waals surface area contributed by atoms with Crippen LogP contribution >= 0.6 is 0 Å². The van der Waals surface area contributed by atoms with E-state index >= 15 is 0 Å². The standard InChI is InChI=1S/C26H35N3O4S.C2HF3O2/c1-19(2)21-7-10-23(11-8-21)34(32,33)27-22-9-12-25(24(16-22)26(30)31)29-15-5-6-20(18-29)17-28-13-3-4-14-28;3-2(4,5)1(6)7/h7-12,16,19-20,27H,3-6,13-15,17-18H2,1-2H3,(H,30,31);(H,6,7). The molecular formula is C28H36F3N3O6S. The summed E-state index contributed by atoms with van der Waals surface area (Å²) in [6.07, 6.45) is -0.376. The summed E-state index contributed by atoms with van der Waals surface area (Å²) >= 11 is 0. The lowest BCUT2D eigenvalue weighted by molar-refractivity contribution is -0.192. The van der Waals surface area contributed by atoms with E-state index in [1.54, 1.807) is 36.4 Å². The predicted octanol–water partition coefficient (Wildman–Crippen LogP) is 5.25. The minimum absolute atomic E-state index is 0.122. The summed E-state index contributed by atoms with van der Waals surface area (Å²) < 4.78 is 60.1. The van der Waals surface area contributed by atoms with Crippen molar-refractivity contribution in [2.75, 3.05) is 42.3 Å². The van der Waals surface area contributed by atoms with Gasteiger partial charge < -0.3 is 20.0 Å². The summed E-state index contributed by atoms with van der Waals surface area (Å²) in [5.74, 6) is -2.99. The van der Waals surface area contributed by atoms with Crippen LogP contribution in [0.25, 0.3) is 0 Å². The average Bonchev–Trinajstić information content (AvgIpc) is 3.41. The third kappa shape index (κ3) is 9.09. The molecule has 0 saturated carbocycles. The van der Waals surface area contributed by atoms with E-state index in [1.807, 2.05) is 13.8 Å². The lowest BCUT2D eigenvalue weighted by Crippen LogP contribution is -2.41. The van der Waals surface area contributed by atoms with Crippen LogP contribution in [0.2, 0.25) is 0 Å². The number of hydrogen-bond acceptors (Lipinski definition) is 6. The second-order valence-corrected chi connectivity index (χ2v) is 12.3. The first-order chi connectivity index (χ1) is 19.2. The number of piperidine rings is 1. The fourth-order valence-electron chi connectivity index (χ4n) is 5.06. The van der Waals surface area contributed by atoms with Gasteiger partial charge in [0.1, 0.15) is 0 Å². The second-order valence-electron chi connectivity index (χ2n) is 10.6. The maximum atomic E-state index is 12.9. The molecule has 41 heavy (non-hydrogen) atoms. The maximum Gasteiger partial charge on any atom is 0.490 e. The highest BCUT2D eigenvalue weighted by Gasteiger charge is 2.38. The molecule has 2 aromatic rings. The number of carboxylic acids is 2. The number of likely N-dealkylation sites (tertiary alicyclic amines) is 1. The van der Waals surface area contributed by atoms with Crippen molar-refractivity contribution in [2.24, 2.45) is 5.92 Å².